The van der Waals surface area contributed by atoms with Crippen molar-refractivity contribution >= 4 is 11.9 Å². The third-order valence-corrected chi connectivity index (χ3v) is 3.78. The van der Waals surface area contributed by atoms with Crippen molar-refractivity contribution in [1.82, 2.24) is 5.32 Å². The summed E-state index contributed by atoms with van der Waals surface area (Å²) in [6.07, 6.45) is 0. The molecule has 0 heterocycles. The van der Waals surface area contributed by atoms with Crippen molar-refractivity contribution in [3.63, 3.8) is 0 Å². The maximum absolute atomic E-state index is 12.5. The first-order chi connectivity index (χ1) is 12.5. The van der Waals surface area contributed by atoms with E-state index in [1.807, 2.05) is 6.92 Å². The molecule has 0 unspecified atom stereocenters. The number of amides is 1. The Morgan fingerprint density at radius 3 is 2.23 bits per heavy atom. The van der Waals surface area contributed by atoms with E-state index in [0.717, 1.165) is 5.56 Å². The van der Waals surface area contributed by atoms with Gasteiger partial charge in [-0.15, -0.1) is 0 Å². The Labute approximate surface area is 151 Å². The number of carbonyl (C=O) groups is 2. The van der Waals surface area contributed by atoms with Crippen molar-refractivity contribution < 1.29 is 28.9 Å². The number of methoxy groups -OCH3 is 2. The number of para-hydroxylation sites is 1. The predicted molar refractivity (Wildman–Crippen MR) is 95.0 cm³/mol. The molecular formula is C19H21NO6. The van der Waals surface area contributed by atoms with Crippen LogP contribution in [0, 0.1) is 6.92 Å². The van der Waals surface area contributed by atoms with E-state index in [9.17, 15) is 9.59 Å². The summed E-state index contributed by atoms with van der Waals surface area (Å²) in [7, 11) is 3.05. The summed E-state index contributed by atoms with van der Waals surface area (Å²) < 4.78 is 15.8. The molecule has 0 fully saturated rings. The van der Waals surface area contributed by atoms with Crippen LogP contribution < -0.4 is 19.5 Å². The number of carboxylic acids is 1. The smallest absolute Gasteiger partial charge is 0.341 e. The van der Waals surface area contributed by atoms with Gasteiger partial charge in [-0.3, -0.25) is 4.79 Å². The highest BCUT2D eigenvalue weighted by molar-refractivity contribution is 5.95. The first-order valence-electron chi connectivity index (χ1n) is 7.89. The number of ether oxygens (including phenoxy) is 3. The molecule has 0 saturated carbocycles. The molecule has 2 aromatic rings. The molecule has 26 heavy (non-hydrogen) atoms. The zero-order chi connectivity index (χ0) is 19.1. The predicted octanol–water partition coefficient (Wildman–Crippen LogP) is 2.41. The number of aliphatic carboxylic acids is 1. The van der Waals surface area contributed by atoms with Crippen LogP contribution in [0.25, 0.3) is 0 Å². The molecule has 1 amide bonds. The fourth-order valence-electron chi connectivity index (χ4n) is 2.42. The SMILES string of the molecule is COc1cc(C(=O)NCc2ccccc2OCC(=O)O)cc(OC)c1C. The number of hydrogen-bond donors (Lipinski definition) is 2. The van der Waals surface area contributed by atoms with Crippen LogP contribution in [0.2, 0.25) is 0 Å². The lowest BCUT2D eigenvalue weighted by Gasteiger charge is -2.14. The summed E-state index contributed by atoms with van der Waals surface area (Å²) in [6, 6.07) is 10.2. The van der Waals surface area contributed by atoms with E-state index in [1.54, 1.807) is 36.4 Å². The second-order valence-corrected chi connectivity index (χ2v) is 5.48. The largest absolute Gasteiger partial charge is 0.496 e. The standard InChI is InChI=1S/C19H21NO6/c1-12-16(24-2)8-14(9-17(12)25-3)19(23)20-10-13-6-4-5-7-15(13)26-11-18(21)22/h4-9H,10-11H2,1-3H3,(H,20,23)(H,21,22). The lowest BCUT2D eigenvalue weighted by Crippen LogP contribution is -2.23. The maximum Gasteiger partial charge on any atom is 0.341 e. The van der Waals surface area contributed by atoms with E-state index in [0.29, 0.717) is 28.4 Å². The molecule has 2 aromatic carbocycles. The highest BCUT2D eigenvalue weighted by atomic mass is 16.5. The fourth-order valence-corrected chi connectivity index (χ4v) is 2.42. The van der Waals surface area contributed by atoms with Gasteiger partial charge in [0.2, 0.25) is 0 Å². The van der Waals surface area contributed by atoms with Crippen LogP contribution in [0.15, 0.2) is 36.4 Å². The van der Waals surface area contributed by atoms with Crippen molar-refractivity contribution in [1.29, 1.82) is 0 Å². The van der Waals surface area contributed by atoms with Gasteiger partial charge in [0.25, 0.3) is 5.91 Å². The van der Waals surface area contributed by atoms with E-state index in [-0.39, 0.29) is 12.5 Å². The molecule has 2 N–H and O–H groups in total. The van der Waals surface area contributed by atoms with Gasteiger partial charge < -0.3 is 24.6 Å². The molecule has 2 rings (SSSR count). The number of rotatable bonds is 8. The van der Waals surface area contributed by atoms with Crippen LogP contribution in [-0.4, -0.2) is 37.8 Å². The maximum atomic E-state index is 12.5. The minimum atomic E-state index is -1.07. The number of carbonyl (C=O) groups excluding carboxylic acids is 1. The Hall–Kier alpha value is -3.22. The Morgan fingerprint density at radius 1 is 1.04 bits per heavy atom. The highest BCUT2D eigenvalue weighted by Gasteiger charge is 2.14. The highest BCUT2D eigenvalue weighted by Crippen LogP contribution is 2.29. The second-order valence-electron chi connectivity index (χ2n) is 5.48. The van der Waals surface area contributed by atoms with E-state index in [2.05, 4.69) is 5.32 Å². The first kappa shape index (κ1) is 19.1. The molecule has 0 aliphatic heterocycles. The molecule has 0 aromatic heterocycles. The molecule has 0 saturated heterocycles. The molecular weight excluding hydrogens is 338 g/mol. The minimum Gasteiger partial charge on any atom is -0.496 e. The van der Waals surface area contributed by atoms with Crippen molar-refractivity contribution in [3.8, 4) is 17.2 Å². The Bertz CT molecular complexity index is 777. The molecule has 7 heteroatoms. The summed E-state index contributed by atoms with van der Waals surface area (Å²) in [5, 5.41) is 11.5. The molecule has 0 aliphatic rings. The number of carboxylic acid groups (broad SMARTS) is 1. The summed E-state index contributed by atoms with van der Waals surface area (Å²) in [4.78, 5) is 23.2. The van der Waals surface area contributed by atoms with Crippen molar-refractivity contribution in [3.05, 3.63) is 53.1 Å². The lowest BCUT2D eigenvalue weighted by atomic mass is 10.1. The van der Waals surface area contributed by atoms with E-state index >= 15 is 0 Å². The average molecular weight is 359 g/mol. The summed E-state index contributed by atoms with van der Waals surface area (Å²) >= 11 is 0. The van der Waals surface area contributed by atoms with Crippen LogP contribution in [0.5, 0.6) is 17.2 Å². The lowest BCUT2D eigenvalue weighted by molar-refractivity contribution is -0.139. The molecule has 0 aliphatic carbocycles. The van der Waals surface area contributed by atoms with E-state index in [4.69, 9.17) is 19.3 Å². The van der Waals surface area contributed by atoms with Gasteiger partial charge in [-0.2, -0.15) is 0 Å². The van der Waals surface area contributed by atoms with Gasteiger partial charge in [-0.1, -0.05) is 18.2 Å². The molecule has 138 valence electrons. The molecule has 0 bridgehead atoms. The van der Waals surface area contributed by atoms with Crippen molar-refractivity contribution in [2.45, 2.75) is 13.5 Å². The van der Waals surface area contributed by atoms with Crippen molar-refractivity contribution in [2.24, 2.45) is 0 Å². The van der Waals surface area contributed by atoms with Gasteiger partial charge in [0.15, 0.2) is 6.61 Å². The molecule has 7 nitrogen and oxygen atoms in total. The van der Waals surface area contributed by atoms with Gasteiger partial charge in [0, 0.05) is 23.2 Å². The Morgan fingerprint density at radius 2 is 1.65 bits per heavy atom. The third kappa shape index (κ3) is 4.66. The quantitative estimate of drug-likeness (QED) is 0.752. The number of hydrogen-bond acceptors (Lipinski definition) is 5. The van der Waals surface area contributed by atoms with E-state index in [1.165, 1.54) is 14.2 Å². The summed E-state index contributed by atoms with van der Waals surface area (Å²) in [5.74, 6) is 0.144. The van der Waals surface area contributed by atoms with Gasteiger partial charge in [0.1, 0.15) is 17.2 Å². The second kappa shape index (κ2) is 8.75. The monoisotopic (exact) mass is 359 g/mol. The number of benzene rings is 2. The summed E-state index contributed by atoms with van der Waals surface area (Å²) in [5.41, 5.74) is 1.88. The molecule has 0 spiro atoms. The van der Waals surface area contributed by atoms with Crippen molar-refractivity contribution in [2.75, 3.05) is 20.8 Å². The normalized spacial score (nSPS) is 10.1. The van der Waals surface area contributed by atoms with Crippen LogP contribution >= 0.6 is 0 Å². The fraction of sp³-hybridized carbons (Fsp3) is 0.263. The van der Waals surface area contributed by atoms with E-state index < -0.39 is 12.6 Å². The molecule has 0 radical (unpaired) electrons. The first-order valence-corrected chi connectivity index (χ1v) is 7.89. The molecule has 0 atom stereocenters. The Kier molecular flexibility index (Phi) is 6.43. The van der Waals surface area contributed by atoms with Gasteiger partial charge in [0.05, 0.1) is 14.2 Å². The van der Waals surface area contributed by atoms with Gasteiger partial charge in [-0.25, -0.2) is 4.79 Å². The van der Waals surface area contributed by atoms with Crippen LogP contribution in [0.1, 0.15) is 21.5 Å². The Balaban J connectivity index is 2.13. The zero-order valence-electron chi connectivity index (χ0n) is 14.9. The van der Waals surface area contributed by atoms with Crippen LogP contribution in [0.3, 0.4) is 0 Å². The third-order valence-electron chi connectivity index (χ3n) is 3.78. The summed E-state index contributed by atoms with van der Waals surface area (Å²) in [6.45, 7) is 1.58. The zero-order valence-corrected chi connectivity index (χ0v) is 14.9. The number of nitrogens with one attached hydrogen (secondary N) is 1. The van der Waals surface area contributed by atoms with Gasteiger partial charge in [-0.05, 0) is 25.1 Å². The minimum absolute atomic E-state index is 0.188. The van der Waals surface area contributed by atoms with Crippen LogP contribution in [-0.2, 0) is 11.3 Å². The van der Waals surface area contributed by atoms with Crippen LogP contribution in [0.4, 0.5) is 0 Å². The van der Waals surface area contributed by atoms with Gasteiger partial charge >= 0.3 is 5.97 Å². The average Bonchev–Trinajstić information content (AvgIpc) is 2.65. The topological polar surface area (TPSA) is 94.1 Å².